The predicted octanol–water partition coefficient (Wildman–Crippen LogP) is 4.19. The van der Waals surface area contributed by atoms with Gasteiger partial charge in [0.25, 0.3) is 0 Å². The number of phenolic OH excluding ortho intramolecular Hbond substituents is 1. The standard InChI is InChI=1S/C23H19N3O3/c1-29-19-11-15-16(12-21(28)24-17(15)13-18(19)27)23-22(14-7-3-2-4-8-14)25-20-9-5-6-10-26(20)23/h2-11,13,16,27H,12H2,1H3,(H,24,28)/t16-/m0/s1. The predicted molar refractivity (Wildman–Crippen MR) is 110 cm³/mol. The Morgan fingerprint density at radius 3 is 2.72 bits per heavy atom. The lowest BCUT2D eigenvalue weighted by atomic mass is 9.85. The summed E-state index contributed by atoms with van der Waals surface area (Å²) in [4.78, 5) is 17.4. The van der Waals surface area contributed by atoms with Crippen LogP contribution in [0.3, 0.4) is 0 Å². The van der Waals surface area contributed by atoms with Crippen LogP contribution in [0.4, 0.5) is 5.69 Å². The molecular formula is C23H19N3O3. The minimum atomic E-state index is -0.235. The van der Waals surface area contributed by atoms with Crippen molar-refractivity contribution < 1.29 is 14.6 Å². The highest BCUT2D eigenvalue weighted by atomic mass is 16.5. The van der Waals surface area contributed by atoms with Crippen molar-refractivity contribution in [3.05, 3.63) is 78.1 Å². The molecule has 2 aromatic heterocycles. The van der Waals surface area contributed by atoms with Gasteiger partial charge in [0, 0.05) is 35.9 Å². The van der Waals surface area contributed by atoms with Crippen molar-refractivity contribution >= 4 is 17.2 Å². The van der Waals surface area contributed by atoms with Gasteiger partial charge in [0.2, 0.25) is 5.91 Å². The number of pyridine rings is 1. The number of amides is 1. The summed E-state index contributed by atoms with van der Waals surface area (Å²) in [6.07, 6.45) is 2.25. The number of phenols is 1. The number of fused-ring (bicyclic) bond motifs is 2. The molecule has 6 heteroatoms. The van der Waals surface area contributed by atoms with Crippen LogP contribution in [0.15, 0.2) is 66.9 Å². The van der Waals surface area contributed by atoms with E-state index in [0.29, 0.717) is 11.4 Å². The number of hydrogen-bond acceptors (Lipinski definition) is 4. The first kappa shape index (κ1) is 17.3. The Labute approximate surface area is 167 Å². The summed E-state index contributed by atoms with van der Waals surface area (Å²) in [6.45, 7) is 0. The maximum absolute atomic E-state index is 12.5. The van der Waals surface area contributed by atoms with Gasteiger partial charge in [-0.1, -0.05) is 36.4 Å². The van der Waals surface area contributed by atoms with Crippen molar-refractivity contribution in [1.82, 2.24) is 9.38 Å². The number of rotatable bonds is 3. The third-order valence-electron chi connectivity index (χ3n) is 5.33. The molecule has 0 saturated heterocycles. The molecule has 1 aliphatic rings. The number of carbonyl (C=O) groups excluding carboxylic acids is 1. The van der Waals surface area contributed by atoms with E-state index in [1.54, 1.807) is 12.1 Å². The first-order valence-corrected chi connectivity index (χ1v) is 9.39. The Bertz CT molecular complexity index is 1230. The zero-order valence-corrected chi connectivity index (χ0v) is 15.8. The van der Waals surface area contributed by atoms with Crippen LogP contribution < -0.4 is 10.1 Å². The van der Waals surface area contributed by atoms with Crippen LogP contribution in [0, 0.1) is 0 Å². The first-order chi connectivity index (χ1) is 14.2. The minimum absolute atomic E-state index is 0.00590. The van der Waals surface area contributed by atoms with Gasteiger partial charge in [-0.2, -0.15) is 0 Å². The number of carbonyl (C=O) groups is 1. The zero-order chi connectivity index (χ0) is 20.0. The number of methoxy groups -OCH3 is 1. The lowest BCUT2D eigenvalue weighted by Crippen LogP contribution is -2.24. The summed E-state index contributed by atoms with van der Waals surface area (Å²) in [7, 11) is 1.52. The molecule has 144 valence electrons. The molecule has 0 fully saturated rings. The van der Waals surface area contributed by atoms with Crippen molar-refractivity contribution in [2.45, 2.75) is 12.3 Å². The lowest BCUT2D eigenvalue weighted by Gasteiger charge is -2.27. The van der Waals surface area contributed by atoms with E-state index in [1.165, 1.54) is 7.11 Å². The number of aromatic hydroxyl groups is 1. The SMILES string of the molecule is COc1cc2c(cc1O)NC(=O)C[C@@H]2c1c(-c2ccccc2)nc2ccccn12. The summed E-state index contributed by atoms with van der Waals surface area (Å²) >= 11 is 0. The van der Waals surface area contributed by atoms with Gasteiger partial charge < -0.3 is 19.6 Å². The number of ether oxygens (including phenoxy) is 1. The topological polar surface area (TPSA) is 75.9 Å². The summed E-state index contributed by atoms with van der Waals surface area (Å²) in [6, 6.07) is 19.2. The Morgan fingerprint density at radius 1 is 1.14 bits per heavy atom. The van der Waals surface area contributed by atoms with Crippen LogP contribution >= 0.6 is 0 Å². The Kier molecular flexibility index (Phi) is 3.98. The molecule has 6 nitrogen and oxygen atoms in total. The first-order valence-electron chi connectivity index (χ1n) is 9.39. The third kappa shape index (κ3) is 2.81. The van der Waals surface area contributed by atoms with Crippen LogP contribution in [-0.2, 0) is 4.79 Å². The molecule has 5 rings (SSSR count). The van der Waals surface area contributed by atoms with Gasteiger partial charge in [-0.05, 0) is 23.8 Å². The summed E-state index contributed by atoms with van der Waals surface area (Å²) in [5.74, 6) is 0.0337. The van der Waals surface area contributed by atoms with Gasteiger partial charge in [-0.3, -0.25) is 4.79 Å². The van der Waals surface area contributed by atoms with E-state index in [4.69, 9.17) is 9.72 Å². The number of nitrogens with one attached hydrogen (secondary N) is 1. The fourth-order valence-corrected chi connectivity index (χ4v) is 4.04. The molecule has 29 heavy (non-hydrogen) atoms. The number of anilines is 1. The van der Waals surface area contributed by atoms with Gasteiger partial charge in [0.15, 0.2) is 11.5 Å². The number of aromatic nitrogens is 2. The van der Waals surface area contributed by atoms with Crippen LogP contribution in [0.5, 0.6) is 11.5 Å². The quantitative estimate of drug-likeness (QED) is 0.554. The second-order valence-electron chi connectivity index (χ2n) is 7.06. The minimum Gasteiger partial charge on any atom is -0.504 e. The molecule has 2 N–H and O–H groups in total. The molecule has 0 spiro atoms. The van der Waals surface area contributed by atoms with E-state index in [1.807, 2.05) is 59.1 Å². The van der Waals surface area contributed by atoms with Crippen molar-refractivity contribution in [1.29, 1.82) is 0 Å². The second kappa shape index (κ2) is 6.67. The van der Waals surface area contributed by atoms with Crippen LogP contribution in [0.2, 0.25) is 0 Å². The fourth-order valence-electron chi connectivity index (χ4n) is 4.04. The average Bonchev–Trinajstić information content (AvgIpc) is 3.12. The van der Waals surface area contributed by atoms with E-state index in [-0.39, 0.29) is 24.0 Å². The molecule has 1 amide bonds. The van der Waals surface area contributed by atoms with Gasteiger partial charge in [-0.25, -0.2) is 4.98 Å². The smallest absolute Gasteiger partial charge is 0.225 e. The maximum Gasteiger partial charge on any atom is 0.225 e. The summed E-state index contributed by atoms with van der Waals surface area (Å²) in [5, 5.41) is 13.0. The summed E-state index contributed by atoms with van der Waals surface area (Å²) in [5.41, 5.74) is 5.07. The molecule has 0 bridgehead atoms. The molecule has 4 aromatic rings. The molecule has 0 radical (unpaired) electrons. The molecule has 0 saturated carbocycles. The van der Waals surface area contributed by atoms with Crippen molar-refractivity contribution in [2.24, 2.45) is 0 Å². The van der Waals surface area contributed by atoms with Gasteiger partial charge in [0.05, 0.1) is 18.5 Å². The second-order valence-corrected chi connectivity index (χ2v) is 7.06. The third-order valence-corrected chi connectivity index (χ3v) is 5.33. The highest BCUT2D eigenvalue weighted by molar-refractivity contribution is 5.96. The van der Waals surface area contributed by atoms with Crippen molar-refractivity contribution in [2.75, 3.05) is 12.4 Å². The Morgan fingerprint density at radius 2 is 1.93 bits per heavy atom. The van der Waals surface area contributed by atoms with Gasteiger partial charge in [-0.15, -0.1) is 0 Å². The maximum atomic E-state index is 12.5. The number of nitrogens with zero attached hydrogens (tertiary/aromatic N) is 2. The zero-order valence-electron chi connectivity index (χ0n) is 15.8. The highest BCUT2D eigenvalue weighted by Gasteiger charge is 2.32. The van der Waals surface area contributed by atoms with Gasteiger partial charge >= 0.3 is 0 Å². The molecule has 1 aliphatic heterocycles. The van der Waals surface area contributed by atoms with Crippen LogP contribution in [-0.4, -0.2) is 27.5 Å². The average molecular weight is 385 g/mol. The molecule has 0 unspecified atom stereocenters. The van der Waals surface area contributed by atoms with Gasteiger partial charge in [0.1, 0.15) is 5.65 Å². The van der Waals surface area contributed by atoms with E-state index in [2.05, 4.69) is 5.32 Å². The number of hydrogen-bond donors (Lipinski definition) is 2. The van der Waals surface area contributed by atoms with E-state index >= 15 is 0 Å². The lowest BCUT2D eigenvalue weighted by molar-refractivity contribution is -0.116. The molecule has 3 heterocycles. The molecule has 0 aliphatic carbocycles. The van der Waals surface area contributed by atoms with E-state index in [0.717, 1.165) is 28.2 Å². The largest absolute Gasteiger partial charge is 0.504 e. The molecule has 2 aromatic carbocycles. The fraction of sp³-hybridized carbons (Fsp3) is 0.130. The molecule has 1 atom stereocenters. The monoisotopic (exact) mass is 385 g/mol. The number of imidazole rings is 1. The Balaban J connectivity index is 1.80. The summed E-state index contributed by atoms with van der Waals surface area (Å²) < 4.78 is 7.36. The number of benzene rings is 2. The van der Waals surface area contributed by atoms with E-state index < -0.39 is 0 Å². The molecular weight excluding hydrogens is 366 g/mol. The Hall–Kier alpha value is -3.80. The van der Waals surface area contributed by atoms with E-state index in [9.17, 15) is 9.90 Å². The van der Waals surface area contributed by atoms with Crippen LogP contribution in [0.1, 0.15) is 23.6 Å². The van der Waals surface area contributed by atoms with Crippen molar-refractivity contribution in [3.8, 4) is 22.8 Å². The van der Waals surface area contributed by atoms with Crippen molar-refractivity contribution in [3.63, 3.8) is 0 Å². The highest BCUT2D eigenvalue weighted by Crippen LogP contribution is 2.45. The van der Waals surface area contributed by atoms with Crippen LogP contribution in [0.25, 0.3) is 16.9 Å². The normalized spacial score (nSPS) is 15.8.